The standard InChI is InChI=1S/C28H26N6O3S/c1-29-15-22(35)33-13-11-19(16-33)31-26(36)25-24-23-21(10-12-30-27(23)38-25)34(28(37)32-24)20-9-5-8-18(14-20)17-6-3-2-4-7-17/h2-10,12,14,19,29H,11,13,15-16H2,1H3,(H,31,36)(H,32,37). The normalized spacial score (nSPS) is 16.6. The van der Waals surface area contributed by atoms with Gasteiger partial charge in [0.05, 0.1) is 29.0 Å². The first-order chi connectivity index (χ1) is 18.5. The van der Waals surface area contributed by atoms with Gasteiger partial charge >= 0.3 is 6.03 Å². The van der Waals surface area contributed by atoms with Gasteiger partial charge in [0.15, 0.2) is 0 Å². The molecule has 1 unspecified atom stereocenters. The number of benzene rings is 2. The lowest BCUT2D eigenvalue weighted by molar-refractivity contribution is -0.129. The van der Waals surface area contributed by atoms with Crippen molar-refractivity contribution in [3.05, 3.63) is 71.7 Å². The van der Waals surface area contributed by atoms with Crippen molar-refractivity contribution in [1.29, 1.82) is 0 Å². The minimum Gasteiger partial charge on any atom is -0.347 e. The summed E-state index contributed by atoms with van der Waals surface area (Å²) in [5, 5.41) is 9.61. The first-order valence-electron chi connectivity index (χ1n) is 12.4. The van der Waals surface area contributed by atoms with Gasteiger partial charge in [-0.05, 0) is 42.8 Å². The number of likely N-dealkylation sites (N-methyl/N-ethyl adjacent to an activating group) is 1. The van der Waals surface area contributed by atoms with E-state index in [-0.39, 0.29) is 30.4 Å². The molecule has 4 aromatic rings. The number of hydrogen-bond donors (Lipinski definition) is 3. The third kappa shape index (κ3) is 4.27. The highest BCUT2D eigenvalue weighted by Gasteiger charge is 2.34. The van der Waals surface area contributed by atoms with Crippen LogP contribution in [0, 0.1) is 0 Å². The zero-order valence-corrected chi connectivity index (χ0v) is 21.5. The van der Waals surface area contributed by atoms with E-state index in [1.807, 2.05) is 54.6 Å². The number of likely N-dealkylation sites (tertiary alicyclic amines) is 1. The summed E-state index contributed by atoms with van der Waals surface area (Å²) in [6.07, 6.45) is 2.34. The molecule has 2 aromatic carbocycles. The van der Waals surface area contributed by atoms with Gasteiger partial charge in [0.25, 0.3) is 5.91 Å². The average molecular weight is 527 g/mol. The lowest BCUT2D eigenvalue weighted by Crippen LogP contribution is -2.40. The highest BCUT2D eigenvalue weighted by atomic mass is 32.1. The van der Waals surface area contributed by atoms with Gasteiger partial charge in [0.2, 0.25) is 5.91 Å². The lowest BCUT2D eigenvalue weighted by Gasteiger charge is -2.28. The quantitative estimate of drug-likeness (QED) is 0.349. The van der Waals surface area contributed by atoms with Crippen LogP contribution in [0.15, 0.2) is 66.9 Å². The molecule has 6 rings (SSSR count). The summed E-state index contributed by atoms with van der Waals surface area (Å²) in [4.78, 5) is 47.9. The van der Waals surface area contributed by atoms with E-state index in [4.69, 9.17) is 0 Å². The number of pyridine rings is 1. The molecule has 0 saturated carbocycles. The second-order valence-corrected chi connectivity index (χ2v) is 10.3. The summed E-state index contributed by atoms with van der Waals surface area (Å²) in [7, 11) is 1.73. The Hall–Kier alpha value is -4.28. The Morgan fingerprint density at radius 2 is 1.92 bits per heavy atom. The Morgan fingerprint density at radius 3 is 2.74 bits per heavy atom. The van der Waals surface area contributed by atoms with Gasteiger partial charge in [-0.25, -0.2) is 9.78 Å². The third-order valence-electron chi connectivity index (χ3n) is 6.87. The molecule has 2 aromatic heterocycles. The largest absolute Gasteiger partial charge is 0.347 e. The summed E-state index contributed by atoms with van der Waals surface area (Å²) in [6, 6.07) is 19.1. The topological polar surface area (TPSA) is 107 Å². The predicted octanol–water partition coefficient (Wildman–Crippen LogP) is 4.20. The molecule has 1 fully saturated rings. The van der Waals surface area contributed by atoms with Crippen molar-refractivity contribution in [2.24, 2.45) is 0 Å². The smallest absolute Gasteiger partial charge is 0.331 e. The SMILES string of the molecule is CNCC(=O)N1CCC(NC(=O)c2sc3nccc4c3c2NC(=O)N4c2cccc(-c3ccccc3)c2)C1. The number of nitrogens with one attached hydrogen (secondary N) is 3. The van der Waals surface area contributed by atoms with Crippen LogP contribution in [0.25, 0.3) is 21.3 Å². The maximum atomic E-state index is 13.5. The van der Waals surface area contributed by atoms with Gasteiger partial charge in [-0.2, -0.15) is 0 Å². The fraction of sp³-hybridized carbons (Fsp3) is 0.214. The third-order valence-corrected chi connectivity index (χ3v) is 7.96. The molecule has 0 radical (unpaired) electrons. The van der Waals surface area contributed by atoms with Gasteiger partial charge in [-0.3, -0.25) is 14.5 Å². The highest BCUT2D eigenvalue weighted by molar-refractivity contribution is 7.21. The molecule has 4 heterocycles. The van der Waals surface area contributed by atoms with Crippen LogP contribution in [0.3, 0.4) is 0 Å². The summed E-state index contributed by atoms with van der Waals surface area (Å²) in [5.41, 5.74) is 3.93. The molecule has 1 atom stereocenters. The van der Waals surface area contributed by atoms with Crippen LogP contribution in [0.2, 0.25) is 0 Å². The molecule has 0 bridgehead atoms. The Balaban J connectivity index is 1.31. The summed E-state index contributed by atoms with van der Waals surface area (Å²) in [5.74, 6) is -0.263. The predicted molar refractivity (Wildman–Crippen MR) is 149 cm³/mol. The Labute approximate surface area is 223 Å². The Bertz CT molecular complexity index is 1550. The zero-order valence-electron chi connectivity index (χ0n) is 20.7. The minimum absolute atomic E-state index is 0.0127. The summed E-state index contributed by atoms with van der Waals surface area (Å²) in [6.45, 7) is 1.34. The van der Waals surface area contributed by atoms with Gasteiger partial charge < -0.3 is 20.9 Å². The Morgan fingerprint density at radius 1 is 1.11 bits per heavy atom. The van der Waals surface area contributed by atoms with E-state index in [0.717, 1.165) is 22.2 Å². The van der Waals surface area contributed by atoms with Gasteiger partial charge in [-0.1, -0.05) is 42.5 Å². The highest BCUT2D eigenvalue weighted by Crippen LogP contribution is 2.46. The van der Waals surface area contributed by atoms with Gasteiger partial charge in [0.1, 0.15) is 9.71 Å². The van der Waals surface area contributed by atoms with Gasteiger partial charge in [0, 0.05) is 25.3 Å². The zero-order chi connectivity index (χ0) is 26.2. The van der Waals surface area contributed by atoms with Crippen molar-refractivity contribution in [3.63, 3.8) is 0 Å². The number of hydrogen-bond acceptors (Lipinski definition) is 6. The lowest BCUT2D eigenvalue weighted by atomic mass is 10.0. The van der Waals surface area contributed by atoms with Crippen LogP contribution in [0.5, 0.6) is 0 Å². The number of urea groups is 1. The van der Waals surface area contributed by atoms with E-state index in [9.17, 15) is 14.4 Å². The molecule has 4 amide bonds. The molecule has 0 spiro atoms. The maximum absolute atomic E-state index is 13.5. The van der Waals surface area contributed by atoms with Crippen molar-refractivity contribution in [3.8, 4) is 11.1 Å². The first-order valence-corrected chi connectivity index (χ1v) is 13.3. The monoisotopic (exact) mass is 526 g/mol. The van der Waals surface area contributed by atoms with E-state index < -0.39 is 0 Å². The summed E-state index contributed by atoms with van der Waals surface area (Å²) >= 11 is 1.25. The van der Waals surface area contributed by atoms with Crippen LogP contribution in [-0.4, -0.2) is 60.5 Å². The molecular formula is C28H26N6O3S. The van der Waals surface area contributed by atoms with Crippen LogP contribution in [0.4, 0.5) is 21.9 Å². The molecule has 0 aliphatic carbocycles. The molecule has 9 nitrogen and oxygen atoms in total. The average Bonchev–Trinajstić information content (AvgIpc) is 3.55. The van der Waals surface area contributed by atoms with E-state index in [0.29, 0.717) is 40.6 Å². The van der Waals surface area contributed by atoms with Gasteiger partial charge in [-0.15, -0.1) is 11.3 Å². The molecule has 3 N–H and O–H groups in total. The molecule has 2 aliphatic rings. The fourth-order valence-electron chi connectivity index (χ4n) is 5.07. The maximum Gasteiger partial charge on any atom is 0.331 e. The van der Waals surface area contributed by atoms with Crippen LogP contribution < -0.4 is 20.9 Å². The van der Waals surface area contributed by atoms with Crippen molar-refractivity contribution < 1.29 is 14.4 Å². The van der Waals surface area contributed by atoms with Crippen LogP contribution in [-0.2, 0) is 4.79 Å². The first kappa shape index (κ1) is 24.1. The van der Waals surface area contributed by atoms with Crippen molar-refractivity contribution >= 4 is 56.5 Å². The number of amides is 4. The minimum atomic E-state index is -0.340. The molecule has 192 valence electrons. The van der Waals surface area contributed by atoms with Crippen molar-refractivity contribution in [1.82, 2.24) is 20.5 Å². The van der Waals surface area contributed by atoms with Crippen molar-refractivity contribution in [2.75, 3.05) is 36.9 Å². The second-order valence-electron chi connectivity index (χ2n) is 9.33. The van der Waals surface area contributed by atoms with E-state index in [2.05, 4.69) is 20.9 Å². The fourth-order valence-corrected chi connectivity index (χ4v) is 6.10. The Kier molecular flexibility index (Phi) is 6.26. The molecule has 38 heavy (non-hydrogen) atoms. The number of rotatable bonds is 6. The number of thiophene rings is 1. The van der Waals surface area contributed by atoms with E-state index in [1.54, 1.807) is 29.1 Å². The molecule has 2 aliphatic heterocycles. The second kappa shape index (κ2) is 9.88. The van der Waals surface area contributed by atoms with E-state index >= 15 is 0 Å². The van der Waals surface area contributed by atoms with E-state index in [1.165, 1.54) is 11.3 Å². The van der Waals surface area contributed by atoms with Crippen LogP contribution in [0.1, 0.15) is 16.1 Å². The number of nitrogens with zero attached hydrogens (tertiary/aromatic N) is 3. The number of carbonyl (C=O) groups excluding carboxylic acids is 3. The van der Waals surface area contributed by atoms with Crippen LogP contribution >= 0.6 is 11.3 Å². The number of carbonyl (C=O) groups is 3. The number of aromatic nitrogens is 1. The summed E-state index contributed by atoms with van der Waals surface area (Å²) < 4.78 is 0. The molecule has 1 saturated heterocycles. The van der Waals surface area contributed by atoms with Crippen molar-refractivity contribution in [2.45, 2.75) is 12.5 Å². The molecular weight excluding hydrogens is 500 g/mol. The number of anilines is 3. The molecule has 10 heteroatoms.